The van der Waals surface area contributed by atoms with Crippen LogP contribution in [0.1, 0.15) is 16.2 Å². The molecule has 3 aromatic rings. The second-order valence-electron chi connectivity index (χ2n) is 4.16. The lowest BCUT2D eigenvalue weighted by molar-refractivity contribution is 0.0698. The SMILES string of the molecule is O=C(O)c1cccc2ccn(Cc3ncccn3)c12. The fourth-order valence-electron chi connectivity index (χ4n) is 2.13. The molecule has 2 heterocycles. The number of rotatable bonds is 3. The number of carboxylic acid groups (broad SMARTS) is 1. The maximum absolute atomic E-state index is 11.3. The summed E-state index contributed by atoms with van der Waals surface area (Å²) in [7, 11) is 0. The number of nitrogens with zero attached hydrogens (tertiary/aromatic N) is 3. The third-order valence-corrected chi connectivity index (χ3v) is 2.95. The van der Waals surface area contributed by atoms with E-state index < -0.39 is 5.97 Å². The molecule has 0 aliphatic rings. The Labute approximate surface area is 109 Å². The van der Waals surface area contributed by atoms with Crippen molar-refractivity contribution in [3.63, 3.8) is 0 Å². The average Bonchev–Trinajstić information content (AvgIpc) is 2.83. The van der Waals surface area contributed by atoms with Gasteiger partial charge >= 0.3 is 5.97 Å². The first-order valence-electron chi connectivity index (χ1n) is 5.83. The van der Waals surface area contributed by atoms with E-state index in [0.717, 1.165) is 5.39 Å². The number of hydrogen-bond donors (Lipinski definition) is 1. The molecule has 2 aromatic heterocycles. The van der Waals surface area contributed by atoms with E-state index in [2.05, 4.69) is 9.97 Å². The lowest BCUT2D eigenvalue weighted by Crippen LogP contribution is -2.06. The van der Waals surface area contributed by atoms with E-state index in [-0.39, 0.29) is 0 Å². The molecule has 0 amide bonds. The van der Waals surface area contributed by atoms with Crippen LogP contribution in [0.25, 0.3) is 10.9 Å². The Kier molecular flexibility index (Phi) is 2.72. The predicted molar refractivity (Wildman–Crippen MR) is 70.0 cm³/mol. The monoisotopic (exact) mass is 253 g/mol. The number of aromatic carboxylic acids is 1. The smallest absolute Gasteiger partial charge is 0.337 e. The van der Waals surface area contributed by atoms with Crippen molar-refractivity contribution in [3.8, 4) is 0 Å². The van der Waals surface area contributed by atoms with Crippen LogP contribution >= 0.6 is 0 Å². The van der Waals surface area contributed by atoms with Crippen LogP contribution in [-0.2, 0) is 6.54 Å². The van der Waals surface area contributed by atoms with Gasteiger partial charge in [-0.3, -0.25) is 0 Å². The van der Waals surface area contributed by atoms with Gasteiger partial charge in [-0.25, -0.2) is 14.8 Å². The molecule has 5 nitrogen and oxygen atoms in total. The van der Waals surface area contributed by atoms with Crippen LogP contribution in [0.15, 0.2) is 48.9 Å². The summed E-state index contributed by atoms with van der Waals surface area (Å²) in [5.41, 5.74) is 0.987. The van der Waals surface area contributed by atoms with Crippen molar-refractivity contribution in [2.45, 2.75) is 6.54 Å². The number of carbonyl (C=O) groups is 1. The minimum Gasteiger partial charge on any atom is -0.478 e. The van der Waals surface area contributed by atoms with Crippen molar-refractivity contribution in [1.29, 1.82) is 0 Å². The third kappa shape index (κ3) is 2.06. The molecule has 3 rings (SSSR count). The Hall–Kier alpha value is -2.69. The zero-order valence-electron chi connectivity index (χ0n) is 10.0. The van der Waals surface area contributed by atoms with E-state index in [1.807, 2.05) is 22.9 Å². The van der Waals surface area contributed by atoms with Crippen molar-refractivity contribution in [1.82, 2.24) is 14.5 Å². The summed E-state index contributed by atoms with van der Waals surface area (Å²) < 4.78 is 1.86. The first-order chi connectivity index (χ1) is 9.25. The van der Waals surface area contributed by atoms with Crippen molar-refractivity contribution >= 4 is 16.9 Å². The Morgan fingerprint density at radius 2 is 1.95 bits per heavy atom. The van der Waals surface area contributed by atoms with E-state index in [0.29, 0.717) is 23.4 Å². The minimum absolute atomic E-state index is 0.290. The Morgan fingerprint density at radius 1 is 1.16 bits per heavy atom. The van der Waals surface area contributed by atoms with E-state index in [9.17, 15) is 9.90 Å². The highest BCUT2D eigenvalue weighted by atomic mass is 16.4. The fourth-order valence-corrected chi connectivity index (χ4v) is 2.13. The topological polar surface area (TPSA) is 68.0 Å². The van der Waals surface area contributed by atoms with Crippen LogP contribution in [0, 0.1) is 0 Å². The molecule has 0 atom stereocenters. The first-order valence-corrected chi connectivity index (χ1v) is 5.83. The van der Waals surface area contributed by atoms with Gasteiger partial charge in [0.1, 0.15) is 5.82 Å². The standard InChI is InChI=1S/C14H11N3O2/c18-14(19)11-4-1-3-10-5-8-17(13(10)11)9-12-15-6-2-7-16-12/h1-8H,9H2,(H,18,19). The largest absolute Gasteiger partial charge is 0.478 e. The number of para-hydroxylation sites is 1. The number of benzene rings is 1. The Morgan fingerprint density at radius 3 is 2.68 bits per heavy atom. The van der Waals surface area contributed by atoms with Crippen LogP contribution in [0.3, 0.4) is 0 Å². The van der Waals surface area contributed by atoms with Gasteiger partial charge in [0.25, 0.3) is 0 Å². The minimum atomic E-state index is -0.931. The van der Waals surface area contributed by atoms with E-state index in [1.54, 1.807) is 30.6 Å². The Bertz CT molecular complexity index is 735. The zero-order valence-corrected chi connectivity index (χ0v) is 10.0. The molecular formula is C14H11N3O2. The lowest BCUT2D eigenvalue weighted by Gasteiger charge is -2.06. The van der Waals surface area contributed by atoms with Gasteiger partial charge in [0, 0.05) is 24.0 Å². The fraction of sp³-hybridized carbons (Fsp3) is 0.0714. The lowest BCUT2D eigenvalue weighted by atomic mass is 10.1. The predicted octanol–water partition coefficient (Wildman–Crippen LogP) is 2.18. The summed E-state index contributed by atoms with van der Waals surface area (Å²) in [6, 6.07) is 8.89. The highest BCUT2D eigenvalue weighted by Gasteiger charge is 2.12. The first kappa shape index (κ1) is 11.4. The maximum Gasteiger partial charge on any atom is 0.337 e. The van der Waals surface area contributed by atoms with Gasteiger partial charge in [0.15, 0.2) is 0 Å². The van der Waals surface area contributed by atoms with Gasteiger partial charge in [-0.1, -0.05) is 12.1 Å². The molecule has 0 spiro atoms. The second-order valence-corrected chi connectivity index (χ2v) is 4.16. The molecule has 0 aliphatic heterocycles. The van der Waals surface area contributed by atoms with Gasteiger partial charge in [0.2, 0.25) is 0 Å². The maximum atomic E-state index is 11.3. The molecule has 0 radical (unpaired) electrons. The summed E-state index contributed by atoms with van der Waals surface area (Å²) in [6.07, 6.45) is 5.20. The highest BCUT2D eigenvalue weighted by molar-refractivity contribution is 6.02. The van der Waals surface area contributed by atoms with E-state index in [1.165, 1.54) is 0 Å². The van der Waals surface area contributed by atoms with Crippen molar-refractivity contribution < 1.29 is 9.90 Å². The van der Waals surface area contributed by atoms with E-state index >= 15 is 0 Å². The molecular weight excluding hydrogens is 242 g/mol. The van der Waals surface area contributed by atoms with Crippen LogP contribution in [0.5, 0.6) is 0 Å². The van der Waals surface area contributed by atoms with E-state index in [4.69, 9.17) is 0 Å². The van der Waals surface area contributed by atoms with Crippen LogP contribution in [-0.4, -0.2) is 25.6 Å². The molecule has 94 valence electrons. The van der Waals surface area contributed by atoms with Gasteiger partial charge in [0.05, 0.1) is 17.6 Å². The summed E-state index contributed by atoms with van der Waals surface area (Å²) >= 11 is 0. The number of carboxylic acids is 1. The number of aromatic nitrogens is 3. The summed E-state index contributed by atoms with van der Waals surface area (Å²) in [5, 5.41) is 10.1. The highest BCUT2D eigenvalue weighted by Crippen LogP contribution is 2.21. The molecule has 19 heavy (non-hydrogen) atoms. The number of hydrogen-bond acceptors (Lipinski definition) is 3. The van der Waals surface area contributed by atoms with Crippen molar-refractivity contribution in [2.24, 2.45) is 0 Å². The quantitative estimate of drug-likeness (QED) is 0.776. The van der Waals surface area contributed by atoms with Gasteiger partial charge < -0.3 is 9.67 Å². The summed E-state index contributed by atoms with van der Waals surface area (Å²) in [4.78, 5) is 19.6. The second kappa shape index (κ2) is 4.53. The molecule has 1 aromatic carbocycles. The average molecular weight is 253 g/mol. The Balaban J connectivity index is 2.12. The molecule has 0 bridgehead atoms. The van der Waals surface area contributed by atoms with Crippen LogP contribution in [0.4, 0.5) is 0 Å². The number of fused-ring (bicyclic) bond motifs is 1. The van der Waals surface area contributed by atoms with Gasteiger partial charge in [-0.2, -0.15) is 0 Å². The molecule has 0 saturated carbocycles. The zero-order chi connectivity index (χ0) is 13.2. The van der Waals surface area contributed by atoms with Crippen LogP contribution in [0.2, 0.25) is 0 Å². The third-order valence-electron chi connectivity index (χ3n) is 2.95. The van der Waals surface area contributed by atoms with Crippen molar-refractivity contribution in [2.75, 3.05) is 0 Å². The summed E-state index contributed by atoms with van der Waals surface area (Å²) in [6.45, 7) is 0.453. The van der Waals surface area contributed by atoms with Gasteiger partial charge in [-0.15, -0.1) is 0 Å². The van der Waals surface area contributed by atoms with Crippen LogP contribution < -0.4 is 0 Å². The molecule has 0 saturated heterocycles. The van der Waals surface area contributed by atoms with Crippen molar-refractivity contribution in [3.05, 3.63) is 60.3 Å². The molecule has 0 fully saturated rings. The summed E-state index contributed by atoms with van der Waals surface area (Å²) in [5.74, 6) is -0.278. The van der Waals surface area contributed by atoms with Gasteiger partial charge in [-0.05, 0) is 18.2 Å². The molecule has 1 N–H and O–H groups in total. The molecule has 0 unspecified atom stereocenters. The normalized spacial score (nSPS) is 10.7. The molecule has 0 aliphatic carbocycles. The molecule has 5 heteroatoms.